The number of furan rings is 1. The number of nitrogens with zero attached hydrogens (tertiary/aromatic N) is 1. The van der Waals surface area contributed by atoms with Crippen LogP contribution in [0.2, 0.25) is 0 Å². The molecule has 0 aliphatic carbocycles. The molecule has 0 fully saturated rings. The molecule has 0 aromatic carbocycles. The van der Waals surface area contributed by atoms with E-state index in [2.05, 4.69) is 5.32 Å². The van der Waals surface area contributed by atoms with Gasteiger partial charge >= 0.3 is 5.97 Å². The smallest absolute Gasteiger partial charge is 0.326 e. The molecule has 0 aliphatic rings. The number of nitrogens with one attached hydrogen (secondary N) is 1. The summed E-state index contributed by atoms with van der Waals surface area (Å²) in [5.41, 5.74) is 0. The summed E-state index contributed by atoms with van der Waals surface area (Å²) in [5.74, 6) is -1.97. The minimum absolute atomic E-state index is 0.0979. The second-order valence-corrected chi connectivity index (χ2v) is 3.93. The van der Waals surface area contributed by atoms with Gasteiger partial charge in [-0.1, -0.05) is 6.92 Å². The van der Waals surface area contributed by atoms with Crippen LogP contribution in [0.4, 0.5) is 0 Å². The lowest BCUT2D eigenvalue weighted by Gasteiger charge is -2.23. The Bertz CT molecular complexity index is 455. The Kier molecular flexibility index (Phi) is 5.11. The summed E-state index contributed by atoms with van der Waals surface area (Å²) in [6, 6.07) is 2.13. The summed E-state index contributed by atoms with van der Waals surface area (Å²) in [6.07, 6.45) is 1.64. The van der Waals surface area contributed by atoms with Crippen molar-refractivity contribution >= 4 is 17.8 Å². The number of hydrogen-bond acceptors (Lipinski definition) is 4. The van der Waals surface area contributed by atoms with E-state index in [9.17, 15) is 14.4 Å². The highest BCUT2D eigenvalue weighted by molar-refractivity contribution is 5.94. The molecule has 7 heteroatoms. The number of rotatable bonds is 6. The third-order valence-electron chi connectivity index (χ3n) is 2.68. The Hall–Kier alpha value is -2.31. The van der Waals surface area contributed by atoms with Crippen LogP contribution in [0.3, 0.4) is 0 Å². The molecule has 0 aliphatic heterocycles. The van der Waals surface area contributed by atoms with Gasteiger partial charge in [0.15, 0.2) is 5.76 Å². The summed E-state index contributed by atoms with van der Waals surface area (Å²) >= 11 is 0. The predicted octanol–water partition coefficient (Wildman–Crippen LogP) is 0.331. The fourth-order valence-electron chi connectivity index (χ4n) is 1.56. The Morgan fingerprint density at radius 2 is 2.16 bits per heavy atom. The van der Waals surface area contributed by atoms with Gasteiger partial charge in [-0.3, -0.25) is 9.59 Å². The quantitative estimate of drug-likeness (QED) is 0.774. The molecule has 1 aromatic heterocycles. The van der Waals surface area contributed by atoms with E-state index < -0.39 is 23.8 Å². The molecule has 1 atom stereocenters. The molecule has 0 spiro atoms. The lowest BCUT2D eigenvalue weighted by molar-refractivity contribution is -0.148. The molecular weight excluding hydrogens is 252 g/mol. The van der Waals surface area contributed by atoms with E-state index in [1.54, 1.807) is 13.0 Å². The predicted molar refractivity (Wildman–Crippen MR) is 65.5 cm³/mol. The van der Waals surface area contributed by atoms with Crippen molar-refractivity contribution in [3.05, 3.63) is 24.2 Å². The summed E-state index contributed by atoms with van der Waals surface area (Å²) in [6.45, 7) is 1.39. The van der Waals surface area contributed by atoms with Crippen molar-refractivity contribution in [2.75, 3.05) is 13.6 Å². The number of likely N-dealkylation sites (N-methyl/N-ethyl adjacent to an activating group) is 1. The van der Waals surface area contributed by atoms with Crippen molar-refractivity contribution < 1.29 is 23.9 Å². The van der Waals surface area contributed by atoms with Crippen LogP contribution < -0.4 is 5.32 Å². The van der Waals surface area contributed by atoms with Gasteiger partial charge in [-0.05, 0) is 18.6 Å². The zero-order valence-electron chi connectivity index (χ0n) is 10.8. The highest BCUT2D eigenvalue weighted by Gasteiger charge is 2.24. The molecule has 0 radical (unpaired) electrons. The summed E-state index contributed by atoms with van der Waals surface area (Å²) < 4.78 is 4.86. The van der Waals surface area contributed by atoms with Gasteiger partial charge in [0.2, 0.25) is 5.91 Å². The summed E-state index contributed by atoms with van der Waals surface area (Å²) in [5, 5.41) is 11.3. The second kappa shape index (κ2) is 6.58. The fourth-order valence-corrected chi connectivity index (χ4v) is 1.56. The molecule has 0 saturated heterocycles. The molecular formula is C12H16N2O5. The SMILES string of the molecule is CCC(C(=O)O)N(C)C(=O)CNC(=O)c1ccco1. The Labute approximate surface area is 110 Å². The van der Waals surface area contributed by atoms with Gasteiger partial charge in [-0.15, -0.1) is 0 Å². The van der Waals surface area contributed by atoms with E-state index in [1.165, 1.54) is 19.4 Å². The summed E-state index contributed by atoms with van der Waals surface area (Å²) in [4.78, 5) is 35.3. The number of aliphatic carboxylic acids is 1. The van der Waals surface area contributed by atoms with Gasteiger partial charge < -0.3 is 19.7 Å². The zero-order valence-corrected chi connectivity index (χ0v) is 10.8. The van der Waals surface area contributed by atoms with Crippen LogP contribution in [0, 0.1) is 0 Å². The second-order valence-electron chi connectivity index (χ2n) is 3.93. The first-order chi connectivity index (χ1) is 8.97. The Morgan fingerprint density at radius 1 is 1.47 bits per heavy atom. The Balaban J connectivity index is 2.51. The van der Waals surface area contributed by atoms with Gasteiger partial charge in [0.25, 0.3) is 5.91 Å². The molecule has 104 valence electrons. The first-order valence-corrected chi connectivity index (χ1v) is 5.77. The first kappa shape index (κ1) is 14.7. The molecule has 0 saturated carbocycles. The lowest BCUT2D eigenvalue weighted by atomic mass is 10.2. The van der Waals surface area contributed by atoms with Crippen LogP contribution in [-0.2, 0) is 9.59 Å². The van der Waals surface area contributed by atoms with Crippen molar-refractivity contribution in [1.29, 1.82) is 0 Å². The van der Waals surface area contributed by atoms with Gasteiger partial charge in [0.05, 0.1) is 12.8 Å². The van der Waals surface area contributed by atoms with Gasteiger partial charge in [0, 0.05) is 7.05 Å². The van der Waals surface area contributed by atoms with Crippen molar-refractivity contribution in [2.24, 2.45) is 0 Å². The molecule has 0 bridgehead atoms. The minimum Gasteiger partial charge on any atom is -0.480 e. The van der Waals surface area contributed by atoms with Gasteiger partial charge in [-0.25, -0.2) is 4.79 Å². The third kappa shape index (κ3) is 3.84. The molecule has 1 rings (SSSR count). The van der Waals surface area contributed by atoms with E-state index in [0.29, 0.717) is 6.42 Å². The maximum Gasteiger partial charge on any atom is 0.326 e. The van der Waals surface area contributed by atoms with Crippen molar-refractivity contribution in [3.8, 4) is 0 Å². The monoisotopic (exact) mass is 268 g/mol. The van der Waals surface area contributed by atoms with Crippen LogP contribution in [-0.4, -0.2) is 47.4 Å². The molecule has 2 amide bonds. The standard InChI is InChI=1S/C12H16N2O5/c1-3-8(12(17)18)14(2)10(15)7-13-11(16)9-5-4-6-19-9/h4-6,8H,3,7H2,1-2H3,(H,13,16)(H,17,18). The topological polar surface area (TPSA) is 99.9 Å². The fraction of sp³-hybridized carbons (Fsp3) is 0.417. The van der Waals surface area contributed by atoms with Crippen LogP contribution >= 0.6 is 0 Å². The van der Waals surface area contributed by atoms with E-state index in [1.807, 2.05) is 0 Å². The Morgan fingerprint density at radius 3 is 2.63 bits per heavy atom. The number of carboxylic acids is 1. The summed E-state index contributed by atoms with van der Waals surface area (Å²) in [7, 11) is 1.39. The highest BCUT2D eigenvalue weighted by atomic mass is 16.4. The number of carbonyl (C=O) groups is 3. The molecule has 1 aromatic rings. The third-order valence-corrected chi connectivity index (χ3v) is 2.68. The number of carboxylic acid groups (broad SMARTS) is 1. The molecule has 7 nitrogen and oxygen atoms in total. The van der Waals surface area contributed by atoms with E-state index in [-0.39, 0.29) is 12.3 Å². The first-order valence-electron chi connectivity index (χ1n) is 5.77. The average molecular weight is 268 g/mol. The minimum atomic E-state index is -1.07. The van der Waals surface area contributed by atoms with E-state index >= 15 is 0 Å². The van der Waals surface area contributed by atoms with Gasteiger partial charge in [-0.2, -0.15) is 0 Å². The van der Waals surface area contributed by atoms with Crippen LogP contribution in [0.5, 0.6) is 0 Å². The van der Waals surface area contributed by atoms with Crippen LogP contribution in [0.25, 0.3) is 0 Å². The maximum atomic E-state index is 11.7. The number of carbonyl (C=O) groups excluding carboxylic acids is 2. The van der Waals surface area contributed by atoms with Crippen LogP contribution in [0.15, 0.2) is 22.8 Å². The van der Waals surface area contributed by atoms with Crippen LogP contribution in [0.1, 0.15) is 23.9 Å². The van der Waals surface area contributed by atoms with E-state index in [0.717, 1.165) is 4.90 Å². The lowest BCUT2D eigenvalue weighted by Crippen LogP contribution is -2.46. The van der Waals surface area contributed by atoms with Crippen molar-refractivity contribution in [1.82, 2.24) is 10.2 Å². The van der Waals surface area contributed by atoms with Gasteiger partial charge in [0.1, 0.15) is 6.04 Å². The number of hydrogen-bond donors (Lipinski definition) is 2. The molecule has 1 unspecified atom stereocenters. The maximum absolute atomic E-state index is 11.7. The average Bonchev–Trinajstić information content (AvgIpc) is 2.89. The largest absolute Gasteiger partial charge is 0.480 e. The normalized spacial score (nSPS) is 11.7. The molecule has 19 heavy (non-hydrogen) atoms. The molecule has 1 heterocycles. The molecule has 2 N–H and O–H groups in total. The van der Waals surface area contributed by atoms with E-state index in [4.69, 9.17) is 9.52 Å². The zero-order chi connectivity index (χ0) is 14.4. The van der Waals surface area contributed by atoms with Crippen molar-refractivity contribution in [2.45, 2.75) is 19.4 Å². The highest BCUT2D eigenvalue weighted by Crippen LogP contribution is 2.03. The van der Waals surface area contributed by atoms with Crippen molar-refractivity contribution in [3.63, 3.8) is 0 Å². The number of amides is 2.